The molecule has 24 heavy (non-hydrogen) atoms. The quantitative estimate of drug-likeness (QED) is 0.848. The van der Waals surface area contributed by atoms with Crippen molar-refractivity contribution >= 4 is 17.5 Å². The Balaban J connectivity index is 1.74. The van der Waals surface area contributed by atoms with Gasteiger partial charge in [-0.2, -0.15) is 5.10 Å². The summed E-state index contributed by atoms with van der Waals surface area (Å²) in [6.45, 7) is 0.0293. The van der Waals surface area contributed by atoms with Crippen LogP contribution in [0.3, 0.4) is 0 Å². The summed E-state index contributed by atoms with van der Waals surface area (Å²) in [7, 11) is 1.72. The number of carbonyl (C=O) groups is 1. The lowest BCUT2D eigenvalue weighted by Gasteiger charge is -2.17. The summed E-state index contributed by atoms with van der Waals surface area (Å²) in [4.78, 5) is 13.6. The molecule has 2 heterocycles. The molecule has 1 aromatic carbocycles. The minimum atomic E-state index is -1.12. The molecular weight excluding hydrogens is 344 g/mol. The highest BCUT2D eigenvalue weighted by atomic mass is 35.5. The number of halogens is 3. The van der Waals surface area contributed by atoms with E-state index in [0.717, 1.165) is 12.1 Å². The maximum absolute atomic E-state index is 14.0. The number of hydrogen-bond acceptors (Lipinski definition) is 4. The Morgan fingerprint density at radius 1 is 1.42 bits per heavy atom. The summed E-state index contributed by atoms with van der Waals surface area (Å²) in [5.74, 6) is -2.30. The topological polar surface area (TPSA) is 67.6 Å². The van der Waals surface area contributed by atoms with Gasteiger partial charge in [-0.25, -0.2) is 8.78 Å². The van der Waals surface area contributed by atoms with Crippen molar-refractivity contribution in [1.29, 1.82) is 0 Å². The Kier molecular flexibility index (Phi) is 4.42. The van der Waals surface area contributed by atoms with Gasteiger partial charge in [0.05, 0.1) is 31.0 Å². The third-order valence-electron chi connectivity index (χ3n) is 3.76. The molecule has 1 saturated heterocycles. The van der Waals surface area contributed by atoms with E-state index in [4.69, 9.17) is 16.3 Å². The van der Waals surface area contributed by atoms with Gasteiger partial charge in [0.25, 0.3) is 5.91 Å². The van der Waals surface area contributed by atoms with E-state index in [1.54, 1.807) is 13.2 Å². The van der Waals surface area contributed by atoms with E-state index in [2.05, 4.69) is 5.10 Å². The van der Waals surface area contributed by atoms with Crippen molar-refractivity contribution in [3.05, 3.63) is 46.7 Å². The Bertz CT molecular complexity index is 783. The van der Waals surface area contributed by atoms with Crippen LogP contribution in [0.4, 0.5) is 8.78 Å². The number of aryl methyl sites for hydroxylation is 1. The normalized spacial score (nSPS) is 20.5. The lowest BCUT2D eigenvalue weighted by molar-refractivity contribution is 0.0728. The van der Waals surface area contributed by atoms with Crippen molar-refractivity contribution in [2.75, 3.05) is 13.1 Å². The second-order valence-electron chi connectivity index (χ2n) is 5.51. The van der Waals surface area contributed by atoms with Gasteiger partial charge in [0.15, 0.2) is 11.6 Å². The largest absolute Gasteiger partial charge is 0.482 e. The molecule has 1 fully saturated rings. The van der Waals surface area contributed by atoms with Crippen LogP contribution in [0.5, 0.6) is 5.75 Å². The molecule has 2 atom stereocenters. The first kappa shape index (κ1) is 16.7. The first-order valence-corrected chi connectivity index (χ1v) is 7.50. The number of amides is 1. The molecule has 0 radical (unpaired) electrons. The van der Waals surface area contributed by atoms with Crippen LogP contribution in [0, 0.1) is 11.6 Å². The third-order valence-corrected chi connectivity index (χ3v) is 4.10. The summed E-state index contributed by atoms with van der Waals surface area (Å²) < 4.78 is 34.3. The van der Waals surface area contributed by atoms with Gasteiger partial charge in [-0.05, 0) is 12.1 Å². The smallest absolute Gasteiger partial charge is 0.257 e. The summed E-state index contributed by atoms with van der Waals surface area (Å²) >= 11 is 5.50. The number of aliphatic hydroxyl groups is 1. The fraction of sp³-hybridized carbons (Fsp3) is 0.333. The van der Waals surface area contributed by atoms with Gasteiger partial charge >= 0.3 is 0 Å². The van der Waals surface area contributed by atoms with Gasteiger partial charge in [0, 0.05) is 7.05 Å². The highest BCUT2D eigenvalue weighted by molar-refractivity contribution is 6.31. The van der Waals surface area contributed by atoms with Gasteiger partial charge in [-0.1, -0.05) is 11.6 Å². The van der Waals surface area contributed by atoms with Crippen molar-refractivity contribution < 1.29 is 23.4 Å². The monoisotopic (exact) mass is 357 g/mol. The summed E-state index contributed by atoms with van der Waals surface area (Å²) in [6.07, 6.45) is 1.50. The van der Waals surface area contributed by atoms with Crippen LogP contribution in [0.1, 0.15) is 10.4 Å². The first-order valence-electron chi connectivity index (χ1n) is 7.13. The molecule has 0 bridgehead atoms. The van der Waals surface area contributed by atoms with E-state index in [9.17, 15) is 18.7 Å². The minimum Gasteiger partial charge on any atom is -0.482 e. The summed E-state index contributed by atoms with van der Waals surface area (Å²) in [5, 5.41) is 13.3. The van der Waals surface area contributed by atoms with E-state index >= 15 is 0 Å². The molecule has 1 N–H and O–H groups in total. The van der Waals surface area contributed by atoms with Gasteiger partial charge in [-0.15, -0.1) is 0 Å². The number of nitrogens with zero attached hydrogens (tertiary/aromatic N) is 3. The molecule has 1 aromatic heterocycles. The van der Waals surface area contributed by atoms with Crippen LogP contribution < -0.4 is 4.74 Å². The maximum Gasteiger partial charge on any atom is 0.257 e. The summed E-state index contributed by atoms with van der Waals surface area (Å²) in [6, 6.07) is 1.95. The fourth-order valence-corrected chi connectivity index (χ4v) is 2.70. The van der Waals surface area contributed by atoms with Gasteiger partial charge in [0.1, 0.15) is 23.0 Å². The average molecular weight is 358 g/mol. The first-order chi connectivity index (χ1) is 11.4. The number of β-amino-alcohol motifs (C(OH)–C–C–N with tert-alkyl or cyclic N) is 1. The second-order valence-corrected chi connectivity index (χ2v) is 5.88. The van der Waals surface area contributed by atoms with E-state index in [1.807, 2.05) is 0 Å². The number of ether oxygens (including phenoxy) is 1. The molecule has 1 amide bonds. The predicted molar refractivity (Wildman–Crippen MR) is 80.9 cm³/mol. The number of aromatic nitrogens is 2. The second kappa shape index (κ2) is 6.37. The zero-order valence-corrected chi connectivity index (χ0v) is 13.4. The molecule has 2 aromatic rings. The number of likely N-dealkylation sites (tertiary alicyclic amines) is 1. The molecule has 0 unspecified atom stereocenters. The van der Waals surface area contributed by atoms with Crippen molar-refractivity contribution in [3.8, 4) is 5.75 Å². The summed E-state index contributed by atoms with van der Waals surface area (Å²) in [5.41, 5.74) is -0.351. The fourth-order valence-electron chi connectivity index (χ4n) is 2.53. The SMILES string of the molecule is Cn1cc(O[C@@H]2CN(C(=O)c3ccc(F)c(Cl)c3F)C[C@H]2O)cn1. The Morgan fingerprint density at radius 3 is 2.83 bits per heavy atom. The van der Waals surface area contributed by atoms with E-state index in [1.165, 1.54) is 15.8 Å². The van der Waals surface area contributed by atoms with Gasteiger partial charge in [0.2, 0.25) is 0 Å². The predicted octanol–water partition coefficient (Wildman–Crippen LogP) is 1.62. The van der Waals surface area contributed by atoms with Gasteiger partial charge < -0.3 is 14.7 Å². The Hall–Kier alpha value is -2.19. The molecular formula is C15H14ClF2N3O3. The molecule has 6 nitrogen and oxygen atoms in total. The number of rotatable bonds is 3. The lowest BCUT2D eigenvalue weighted by Crippen LogP contribution is -2.31. The van der Waals surface area contributed by atoms with Crippen LogP contribution in [0.2, 0.25) is 5.02 Å². The molecule has 1 aliphatic heterocycles. The molecule has 128 valence electrons. The zero-order valence-electron chi connectivity index (χ0n) is 12.6. The van der Waals surface area contributed by atoms with Crippen LogP contribution in [0.15, 0.2) is 24.5 Å². The van der Waals surface area contributed by atoms with E-state index in [0.29, 0.717) is 5.75 Å². The highest BCUT2D eigenvalue weighted by Crippen LogP contribution is 2.25. The molecule has 0 spiro atoms. The number of hydrogen-bond donors (Lipinski definition) is 1. The van der Waals surface area contributed by atoms with E-state index in [-0.39, 0.29) is 18.7 Å². The molecule has 1 aliphatic rings. The van der Waals surface area contributed by atoms with Crippen molar-refractivity contribution in [3.63, 3.8) is 0 Å². The van der Waals surface area contributed by atoms with Crippen LogP contribution in [-0.2, 0) is 7.05 Å². The number of carbonyl (C=O) groups excluding carboxylic acids is 1. The maximum atomic E-state index is 14.0. The molecule has 9 heteroatoms. The lowest BCUT2D eigenvalue weighted by atomic mass is 10.2. The number of benzene rings is 1. The Morgan fingerprint density at radius 2 is 2.17 bits per heavy atom. The highest BCUT2D eigenvalue weighted by Gasteiger charge is 2.37. The molecule has 3 rings (SSSR count). The van der Waals surface area contributed by atoms with Crippen LogP contribution >= 0.6 is 11.6 Å². The standard InChI is InChI=1S/C15H14ClF2N3O3/c1-20-5-8(4-19-20)24-12-7-21(6-11(12)22)15(23)9-2-3-10(17)13(16)14(9)18/h2-5,11-12,22H,6-7H2,1H3/t11-,12-/m1/s1. The van der Waals surface area contributed by atoms with Crippen molar-refractivity contribution in [1.82, 2.24) is 14.7 Å². The van der Waals surface area contributed by atoms with Crippen LogP contribution in [0.25, 0.3) is 0 Å². The third kappa shape index (κ3) is 3.07. The Labute approximate surface area is 141 Å². The number of aliphatic hydroxyl groups excluding tert-OH is 1. The minimum absolute atomic E-state index is 0.0296. The zero-order chi connectivity index (χ0) is 17.4. The molecule has 0 saturated carbocycles. The van der Waals surface area contributed by atoms with E-state index < -0.39 is 34.8 Å². The van der Waals surface area contributed by atoms with Crippen molar-refractivity contribution in [2.24, 2.45) is 7.05 Å². The van der Waals surface area contributed by atoms with Crippen molar-refractivity contribution in [2.45, 2.75) is 12.2 Å². The molecule has 0 aliphatic carbocycles. The van der Waals surface area contributed by atoms with Crippen LogP contribution in [-0.4, -0.2) is 51.0 Å². The average Bonchev–Trinajstić information content (AvgIpc) is 3.11. The van der Waals surface area contributed by atoms with Gasteiger partial charge in [-0.3, -0.25) is 9.48 Å².